The highest BCUT2D eigenvalue weighted by Crippen LogP contribution is 2.46. The van der Waals surface area contributed by atoms with Gasteiger partial charge in [-0.1, -0.05) is 30.7 Å². The van der Waals surface area contributed by atoms with Crippen molar-refractivity contribution in [2.24, 2.45) is 5.73 Å². The lowest BCUT2D eigenvalue weighted by Gasteiger charge is -2.41. The number of alkyl halides is 5. The van der Waals surface area contributed by atoms with E-state index in [9.17, 15) is 22.0 Å². The minimum atomic E-state index is -5.57. The van der Waals surface area contributed by atoms with E-state index in [0.29, 0.717) is 6.54 Å². The summed E-state index contributed by atoms with van der Waals surface area (Å²) in [7, 11) is 0. The van der Waals surface area contributed by atoms with E-state index in [1.165, 1.54) is 12.1 Å². The molecule has 0 atom stereocenters. The average Bonchev–Trinajstić information content (AvgIpc) is 2.27. The van der Waals surface area contributed by atoms with Gasteiger partial charge in [0.15, 0.2) is 0 Å². The molecular formula is C13H14F5N. The van der Waals surface area contributed by atoms with Gasteiger partial charge in [-0.2, -0.15) is 22.0 Å². The molecule has 19 heavy (non-hydrogen) atoms. The van der Waals surface area contributed by atoms with Crippen LogP contribution in [0.4, 0.5) is 22.0 Å². The topological polar surface area (TPSA) is 26.0 Å². The fourth-order valence-electron chi connectivity index (χ4n) is 2.41. The largest absolute Gasteiger partial charge is 0.458 e. The number of hydrogen-bond acceptors (Lipinski definition) is 1. The Kier molecular flexibility index (Phi) is 3.33. The molecule has 1 saturated carbocycles. The Labute approximate surface area is 107 Å². The molecule has 0 saturated heterocycles. The zero-order valence-corrected chi connectivity index (χ0v) is 10.1. The van der Waals surface area contributed by atoms with E-state index in [2.05, 4.69) is 0 Å². The molecule has 1 aromatic rings. The first kappa shape index (κ1) is 14.2. The van der Waals surface area contributed by atoms with Gasteiger partial charge in [-0.25, -0.2) is 0 Å². The highest BCUT2D eigenvalue weighted by atomic mass is 19.4. The minimum Gasteiger partial charge on any atom is -0.330 e. The molecule has 2 N–H and O–H groups in total. The van der Waals surface area contributed by atoms with Crippen LogP contribution in [0.25, 0.3) is 0 Å². The molecule has 0 amide bonds. The molecule has 0 heterocycles. The summed E-state index contributed by atoms with van der Waals surface area (Å²) in [4.78, 5) is 0. The quantitative estimate of drug-likeness (QED) is 0.838. The van der Waals surface area contributed by atoms with Crippen molar-refractivity contribution in [3.8, 4) is 0 Å². The zero-order chi connectivity index (χ0) is 14.3. The normalized spacial score (nSPS) is 19.1. The number of nitrogens with two attached hydrogens (primary N) is 1. The van der Waals surface area contributed by atoms with Crippen LogP contribution in [0.5, 0.6) is 0 Å². The molecule has 1 nitrogen and oxygen atoms in total. The highest BCUT2D eigenvalue weighted by Gasteiger charge is 2.58. The molecule has 0 radical (unpaired) electrons. The smallest absolute Gasteiger partial charge is 0.330 e. The third kappa shape index (κ3) is 2.22. The third-order valence-electron chi connectivity index (χ3n) is 3.92. The predicted molar refractivity (Wildman–Crippen MR) is 61.0 cm³/mol. The first-order chi connectivity index (χ1) is 8.73. The first-order valence-electron chi connectivity index (χ1n) is 5.99. The Balaban J connectivity index is 2.29. The van der Waals surface area contributed by atoms with Gasteiger partial charge in [-0.05, 0) is 18.4 Å². The molecule has 1 aliphatic carbocycles. The van der Waals surface area contributed by atoms with Crippen molar-refractivity contribution in [3.05, 3.63) is 35.4 Å². The summed E-state index contributed by atoms with van der Waals surface area (Å²) in [6.07, 6.45) is -2.88. The molecule has 0 unspecified atom stereocenters. The summed E-state index contributed by atoms with van der Waals surface area (Å²) in [6, 6.07) is 4.36. The van der Waals surface area contributed by atoms with Crippen molar-refractivity contribution < 1.29 is 22.0 Å². The van der Waals surface area contributed by atoms with Crippen LogP contribution < -0.4 is 5.73 Å². The van der Waals surface area contributed by atoms with Crippen LogP contribution in [-0.4, -0.2) is 12.7 Å². The lowest BCUT2D eigenvalue weighted by atomic mass is 9.64. The second-order valence-electron chi connectivity index (χ2n) is 4.99. The summed E-state index contributed by atoms with van der Waals surface area (Å²) in [6.45, 7) is 0.377. The summed E-state index contributed by atoms with van der Waals surface area (Å²) in [5.74, 6) is -4.82. The van der Waals surface area contributed by atoms with Gasteiger partial charge in [0.25, 0.3) is 0 Å². The van der Waals surface area contributed by atoms with Crippen molar-refractivity contribution >= 4 is 0 Å². The molecule has 6 heteroatoms. The van der Waals surface area contributed by atoms with Crippen LogP contribution >= 0.6 is 0 Å². The monoisotopic (exact) mass is 279 g/mol. The van der Waals surface area contributed by atoms with E-state index in [1.807, 2.05) is 0 Å². The lowest BCUT2D eigenvalue weighted by molar-refractivity contribution is -0.289. The van der Waals surface area contributed by atoms with E-state index in [4.69, 9.17) is 5.73 Å². The van der Waals surface area contributed by atoms with E-state index in [1.54, 1.807) is 0 Å². The van der Waals surface area contributed by atoms with Crippen LogP contribution in [0.1, 0.15) is 30.4 Å². The number of rotatable bonds is 3. The van der Waals surface area contributed by atoms with Crippen LogP contribution in [0.2, 0.25) is 0 Å². The highest BCUT2D eigenvalue weighted by molar-refractivity contribution is 5.33. The number of halogens is 5. The maximum Gasteiger partial charge on any atom is 0.458 e. The molecule has 2 rings (SSSR count). The number of hydrogen-bond donors (Lipinski definition) is 1. The van der Waals surface area contributed by atoms with Crippen LogP contribution in [-0.2, 0) is 11.3 Å². The summed E-state index contributed by atoms with van der Waals surface area (Å²) in [5.41, 5.74) is 5.13. The fourth-order valence-corrected chi connectivity index (χ4v) is 2.41. The Bertz CT molecular complexity index is 440. The van der Waals surface area contributed by atoms with Crippen molar-refractivity contribution in [3.63, 3.8) is 0 Å². The minimum absolute atomic E-state index is 0.244. The average molecular weight is 279 g/mol. The van der Waals surface area contributed by atoms with Crippen LogP contribution in [0, 0.1) is 0 Å². The molecule has 0 aliphatic heterocycles. The SMILES string of the molecule is NCC1(c2ccc(C(F)(F)C(F)(F)F)cc2)CCC1. The van der Waals surface area contributed by atoms with Crippen molar-refractivity contribution in [1.82, 2.24) is 0 Å². The number of benzene rings is 1. The third-order valence-corrected chi connectivity index (χ3v) is 3.92. The molecule has 1 fully saturated rings. The second-order valence-corrected chi connectivity index (χ2v) is 4.99. The Morgan fingerprint density at radius 2 is 1.53 bits per heavy atom. The van der Waals surface area contributed by atoms with Gasteiger partial charge >= 0.3 is 12.1 Å². The van der Waals surface area contributed by atoms with E-state index in [-0.39, 0.29) is 5.41 Å². The van der Waals surface area contributed by atoms with Gasteiger partial charge in [0.2, 0.25) is 0 Å². The van der Waals surface area contributed by atoms with E-state index in [0.717, 1.165) is 37.0 Å². The van der Waals surface area contributed by atoms with E-state index >= 15 is 0 Å². The summed E-state index contributed by atoms with van der Waals surface area (Å²) in [5, 5.41) is 0. The van der Waals surface area contributed by atoms with E-state index < -0.39 is 17.7 Å². The van der Waals surface area contributed by atoms with Crippen LogP contribution in [0.3, 0.4) is 0 Å². The molecule has 1 aromatic carbocycles. The van der Waals surface area contributed by atoms with Gasteiger partial charge in [0.05, 0.1) is 0 Å². The lowest BCUT2D eigenvalue weighted by Crippen LogP contribution is -2.41. The van der Waals surface area contributed by atoms with Gasteiger partial charge in [0.1, 0.15) is 0 Å². The zero-order valence-electron chi connectivity index (χ0n) is 10.1. The standard InChI is InChI=1S/C13H14F5N/c14-12(15,13(16,17)18)10-4-2-9(3-5-10)11(8-19)6-1-7-11/h2-5H,1,6-8,19H2. The fraction of sp³-hybridized carbons (Fsp3) is 0.538. The first-order valence-corrected chi connectivity index (χ1v) is 5.99. The molecular weight excluding hydrogens is 265 g/mol. The van der Waals surface area contributed by atoms with Gasteiger partial charge in [-0.15, -0.1) is 0 Å². The Morgan fingerprint density at radius 3 is 1.84 bits per heavy atom. The molecule has 0 spiro atoms. The Hall–Kier alpha value is -1.17. The van der Waals surface area contributed by atoms with Gasteiger partial charge < -0.3 is 5.73 Å². The predicted octanol–water partition coefficient (Wildman–Crippen LogP) is 3.72. The molecule has 106 valence electrons. The van der Waals surface area contributed by atoms with Crippen LogP contribution in [0.15, 0.2) is 24.3 Å². The summed E-state index contributed by atoms with van der Waals surface area (Å²) >= 11 is 0. The Morgan fingerprint density at radius 1 is 1.00 bits per heavy atom. The maximum atomic E-state index is 13.1. The second kappa shape index (κ2) is 4.44. The molecule has 0 aromatic heterocycles. The van der Waals surface area contributed by atoms with Crippen molar-refractivity contribution in [2.75, 3.05) is 6.54 Å². The van der Waals surface area contributed by atoms with Crippen molar-refractivity contribution in [1.29, 1.82) is 0 Å². The van der Waals surface area contributed by atoms with Crippen molar-refractivity contribution in [2.45, 2.75) is 36.8 Å². The molecule has 0 bridgehead atoms. The summed E-state index contributed by atoms with van der Waals surface area (Å²) < 4.78 is 62.9. The molecule has 1 aliphatic rings. The maximum absolute atomic E-state index is 13.1. The van der Waals surface area contributed by atoms with Gasteiger partial charge in [-0.3, -0.25) is 0 Å². The van der Waals surface area contributed by atoms with Gasteiger partial charge in [0, 0.05) is 17.5 Å².